The minimum atomic E-state index is 0.543. The first-order chi connectivity index (χ1) is 14.1. The molecule has 0 unspecified atom stereocenters. The Kier molecular flexibility index (Phi) is 5.44. The van der Waals surface area contributed by atoms with Crippen LogP contribution in [0.1, 0.15) is 5.69 Å². The molecule has 29 heavy (non-hydrogen) atoms. The van der Waals surface area contributed by atoms with Crippen LogP contribution in [0.5, 0.6) is 0 Å². The zero-order valence-electron chi connectivity index (χ0n) is 16.2. The Morgan fingerprint density at radius 1 is 0.828 bits per heavy atom. The summed E-state index contributed by atoms with van der Waals surface area (Å²) in [6.45, 7) is 0. The molecule has 0 amide bonds. The first-order valence-electron chi connectivity index (χ1n) is 9.18. The van der Waals surface area contributed by atoms with Crippen LogP contribution in [0.2, 0.25) is 0 Å². The van der Waals surface area contributed by atoms with Crippen LogP contribution in [-0.4, -0.2) is 35.0 Å². The Bertz CT molecular complexity index is 1160. The van der Waals surface area contributed by atoms with Gasteiger partial charge in [-0.2, -0.15) is 4.74 Å². The van der Waals surface area contributed by atoms with Crippen molar-refractivity contribution in [1.82, 2.24) is 9.97 Å². The van der Waals surface area contributed by atoms with Gasteiger partial charge in [-0.25, -0.2) is 9.97 Å². The number of hydrogen-bond acceptors (Lipinski definition) is 5. The lowest BCUT2D eigenvalue weighted by atomic mass is 10.2. The number of benzene rings is 3. The summed E-state index contributed by atoms with van der Waals surface area (Å²) in [4.78, 5) is 12.5. The van der Waals surface area contributed by atoms with Crippen LogP contribution in [-0.2, 0) is 0 Å². The monoisotopic (exact) mass is 400 g/mol. The Morgan fingerprint density at radius 2 is 1.45 bits per heavy atom. The SMILES string of the molecule is CN(C)c1ccc([N+]([O-])=Cc2nc3ccccc3nc2Sc2ccccc2)cc1. The zero-order valence-corrected chi connectivity index (χ0v) is 17.0. The molecule has 0 saturated heterocycles. The van der Waals surface area contributed by atoms with E-state index in [4.69, 9.17) is 9.97 Å². The van der Waals surface area contributed by atoms with E-state index in [0.29, 0.717) is 16.4 Å². The van der Waals surface area contributed by atoms with Crippen molar-refractivity contribution >= 4 is 40.4 Å². The third-order valence-corrected chi connectivity index (χ3v) is 5.38. The van der Waals surface area contributed by atoms with Crippen LogP contribution < -0.4 is 4.90 Å². The van der Waals surface area contributed by atoms with Crippen LogP contribution in [0.15, 0.2) is 88.8 Å². The molecule has 1 heterocycles. The van der Waals surface area contributed by atoms with Gasteiger partial charge in [0.1, 0.15) is 5.03 Å². The fraction of sp³-hybridized carbons (Fsp3) is 0.0870. The van der Waals surface area contributed by atoms with Crippen LogP contribution in [0, 0.1) is 5.21 Å². The lowest BCUT2D eigenvalue weighted by molar-refractivity contribution is -0.354. The van der Waals surface area contributed by atoms with E-state index in [2.05, 4.69) is 0 Å². The lowest BCUT2D eigenvalue weighted by Crippen LogP contribution is -2.08. The highest BCUT2D eigenvalue weighted by Gasteiger charge is 2.13. The van der Waals surface area contributed by atoms with Crippen LogP contribution in [0.25, 0.3) is 11.0 Å². The molecule has 0 aliphatic heterocycles. The first-order valence-corrected chi connectivity index (χ1v) is 10.00. The molecule has 4 aromatic rings. The largest absolute Gasteiger partial charge is 0.618 e. The van der Waals surface area contributed by atoms with Gasteiger partial charge in [0.25, 0.3) is 0 Å². The second-order valence-corrected chi connectivity index (χ2v) is 7.75. The van der Waals surface area contributed by atoms with Gasteiger partial charge < -0.3 is 10.1 Å². The minimum absolute atomic E-state index is 0.543. The van der Waals surface area contributed by atoms with Gasteiger partial charge in [0, 0.05) is 36.8 Å². The van der Waals surface area contributed by atoms with E-state index in [0.717, 1.165) is 26.4 Å². The van der Waals surface area contributed by atoms with Crippen molar-refractivity contribution in [2.75, 3.05) is 19.0 Å². The lowest BCUT2D eigenvalue weighted by Gasteiger charge is -2.12. The van der Waals surface area contributed by atoms with E-state index in [-0.39, 0.29) is 0 Å². The van der Waals surface area contributed by atoms with Crippen molar-refractivity contribution in [1.29, 1.82) is 0 Å². The van der Waals surface area contributed by atoms with Crippen LogP contribution in [0.3, 0.4) is 0 Å². The molecule has 1 aromatic heterocycles. The Morgan fingerprint density at radius 3 is 2.10 bits per heavy atom. The molecule has 0 radical (unpaired) electrons. The van der Waals surface area contributed by atoms with Gasteiger partial charge in [-0.15, -0.1) is 0 Å². The predicted octanol–water partition coefficient (Wildman–Crippen LogP) is 5.11. The van der Waals surface area contributed by atoms with Gasteiger partial charge in [0.15, 0.2) is 5.69 Å². The smallest absolute Gasteiger partial charge is 0.216 e. The summed E-state index contributed by atoms with van der Waals surface area (Å²) in [6, 6.07) is 25.1. The fourth-order valence-electron chi connectivity index (χ4n) is 2.84. The second-order valence-electron chi connectivity index (χ2n) is 6.68. The maximum absolute atomic E-state index is 12.8. The van der Waals surface area contributed by atoms with Gasteiger partial charge in [0.2, 0.25) is 11.9 Å². The Balaban J connectivity index is 1.76. The average molecular weight is 401 g/mol. The van der Waals surface area contributed by atoms with Gasteiger partial charge in [-0.1, -0.05) is 42.1 Å². The number of nitrogens with zero attached hydrogens (tertiary/aromatic N) is 4. The molecule has 0 aliphatic carbocycles. The van der Waals surface area contributed by atoms with Crippen LogP contribution in [0.4, 0.5) is 11.4 Å². The highest BCUT2D eigenvalue weighted by Crippen LogP contribution is 2.29. The molecule has 5 nitrogen and oxygen atoms in total. The zero-order chi connectivity index (χ0) is 20.2. The molecule has 4 rings (SSSR count). The minimum Gasteiger partial charge on any atom is -0.618 e. The van der Waals surface area contributed by atoms with Gasteiger partial charge >= 0.3 is 0 Å². The van der Waals surface area contributed by atoms with Gasteiger partial charge in [-0.05, 0) is 36.4 Å². The summed E-state index contributed by atoms with van der Waals surface area (Å²) in [5.41, 5.74) is 3.68. The molecule has 0 N–H and O–H groups in total. The number of aromatic nitrogens is 2. The normalized spacial score (nSPS) is 11.6. The van der Waals surface area contributed by atoms with Crippen molar-refractivity contribution in [3.63, 3.8) is 0 Å². The van der Waals surface area contributed by atoms with E-state index in [1.54, 1.807) is 12.1 Å². The molecular weight excluding hydrogens is 380 g/mol. The molecule has 3 aromatic carbocycles. The highest BCUT2D eigenvalue weighted by molar-refractivity contribution is 7.99. The number of fused-ring (bicyclic) bond motifs is 1. The fourth-order valence-corrected chi connectivity index (χ4v) is 3.70. The maximum Gasteiger partial charge on any atom is 0.216 e. The molecule has 0 spiro atoms. The number of rotatable bonds is 5. The number of anilines is 1. The molecule has 0 aliphatic rings. The Hall–Kier alpha value is -3.38. The highest BCUT2D eigenvalue weighted by atomic mass is 32.2. The molecule has 144 valence electrons. The summed E-state index contributed by atoms with van der Waals surface area (Å²) in [5, 5.41) is 13.5. The summed E-state index contributed by atoms with van der Waals surface area (Å²) in [7, 11) is 3.93. The number of hydrogen-bond donors (Lipinski definition) is 0. The van der Waals surface area contributed by atoms with E-state index >= 15 is 0 Å². The first kappa shape index (κ1) is 19.0. The van der Waals surface area contributed by atoms with Gasteiger partial charge in [-0.3, -0.25) is 0 Å². The average Bonchev–Trinajstić information content (AvgIpc) is 2.75. The van der Waals surface area contributed by atoms with Crippen molar-refractivity contribution in [2.45, 2.75) is 9.92 Å². The topological polar surface area (TPSA) is 55.1 Å². The molecule has 6 heteroatoms. The van der Waals surface area contributed by atoms with Crippen molar-refractivity contribution in [2.24, 2.45) is 0 Å². The van der Waals surface area contributed by atoms with Crippen molar-refractivity contribution in [3.8, 4) is 0 Å². The summed E-state index contributed by atoms with van der Waals surface area (Å²) < 4.78 is 0.841. The van der Waals surface area contributed by atoms with E-state index in [1.165, 1.54) is 18.0 Å². The van der Waals surface area contributed by atoms with Crippen LogP contribution >= 0.6 is 11.8 Å². The third-order valence-electron chi connectivity index (χ3n) is 4.38. The van der Waals surface area contributed by atoms with E-state index < -0.39 is 0 Å². The Labute approximate surface area is 173 Å². The predicted molar refractivity (Wildman–Crippen MR) is 119 cm³/mol. The summed E-state index contributed by atoms with van der Waals surface area (Å²) in [6.07, 6.45) is 1.50. The molecule has 0 saturated carbocycles. The number of para-hydroxylation sites is 2. The van der Waals surface area contributed by atoms with E-state index in [9.17, 15) is 5.21 Å². The molecule has 0 fully saturated rings. The second kappa shape index (κ2) is 8.32. The third kappa shape index (κ3) is 4.38. The summed E-state index contributed by atoms with van der Waals surface area (Å²) >= 11 is 1.50. The van der Waals surface area contributed by atoms with Crippen molar-refractivity contribution in [3.05, 3.63) is 89.8 Å². The quantitative estimate of drug-likeness (QED) is 0.202. The van der Waals surface area contributed by atoms with Gasteiger partial charge in [0.05, 0.1) is 11.0 Å². The van der Waals surface area contributed by atoms with Crippen molar-refractivity contribution < 1.29 is 4.74 Å². The standard InChI is InChI=1S/C23H20N4OS/c1-26(2)17-12-14-18(15-13-17)27(28)16-22-23(29-19-8-4-3-5-9-19)25-21-11-7-6-10-20(21)24-22/h3-16H,1-2H3. The maximum atomic E-state index is 12.8. The molecule has 0 bridgehead atoms. The molecule has 0 atom stereocenters. The van der Waals surface area contributed by atoms with E-state index in [1.807, 2.05) is 85.7 Å². The molecular formula is C23H20N4OS. The summed E-state index contributed by atoms with van der Waals surface area (Å²) in [5.74, 6) is 0.